The molecule has 1 N–H and O–H groups in total. The number of thiazole rings is 1. The second kappa shape index (κ2) is 6.91. The molecule has 2 heterocycles. The smallest absolute Gasteiger partial charge is 0.256 e. The average molecular weight is 348 g/mol. The highest BCUT2D eigenvalue weighted by Crippen LogP contribution is 2.27. The van der Waals surface area contributed by atoms with Crippen LogP contribution in [-0.4, -0.2) is 17.5 Å². The van der Waals surface area contributed by atoms with E-state index in [9.17, 15) is 4.79 Å². The number of fused-ring (bicyclic) bond motifs is 1. The van der Waals surface area contributed by atoms with E-state index in [1.54, 1.807) is 0 Å². The van der Waals surface area contributed by atoms with Crippen molar-refractivity contribution in [2.75, 3.05) is 11.9 Å². The zero-order valence-corrected chi connectivity index (χ0v) is 14.3. The fourth-order valence-corrected chi connectivity index (χ4v) is 3.51. The van der Waals surface area contributed by atoms with Crippen LogP contribution < -0.4 is 10.1 Å². The summed E-state index contributed by atoms with van der Waals surface area (Å²) in [7, 11) is 0. The van der Waals surface area contributed by atoms with Crippen LogP contribution in [0.25, 0.3) is 6.08 Å². The zero-order chi connectivity index (χ0) is 17.1. The molecule has 25 heavy (non-hydrogen) atoms. The van der Waals surface area contributed by atoms with Crippen molar-refractivity contribution in [2.24, 2.45) is 0 Å². The van der Waals surface area contributed by atoms with Crippen molar-refractivity contribution in [3.63, 3.8) is 0 Å². The van der Waals surface area contributed by atoms with Crippen LogP contribution in [0.2, 0.25) is 0 Å². The number of nitrogens with zero attached hydrogens (tertiary/aromatic N) is 1. The van der Waals surface area contributed by atoms with Gasteiger partial charge in [0.05, 0.1) is 5.57 Å². The Morgan fingerprint density at radius 3 is 2.80 bits per heavy atom. The Kier molecular flexibility index (Phi) is 4.31. The van der Waals surface area contributed by atoms with Gasteiger partial charge in [-0.05, 0) is 17.7 Å². The molecule has 3 aromatic rings. The van der Waals surface area contributed by atoms with Crippen LogP contribution in [0.1, 0.15) is 16.0 Å². The van der Waals surface area contributed by atoms with Crippen LogP contribution in [0.15, 0.2) is 66.4 Å². The maximum absolute atomic E-state index is 12.5. The lowest BCUT2D eigenvalue weighted by Crippen LogP contribution is -2.21. The van der Waals surface area contributed by atoms with Crippen molar-refractivity contribution < 1.29 is 9.53 Å². The predicted molar refractivity (Wildman–Crippen MR) is 99.9 cm³/mol. The van der Waals surface area contributed by atoms with Gasteiger partial charge in [-0.25, -0.2) is 4.98 Å². The summed E-state index contributed by atoms with van der Waals surface area (Å²) in [5.74, 6) is 0.633. The van der Waals surface area contributed by atoms with Crippen molar-refractivity contribution in [1.29, 1.82) is 0 Å². The van der Waals surface area contributed by atoms with E-state index in [0.717, 1.165) is 22.6 Å². The van der Waals surface area contributed by atoms with Crippen molar-refractivity contribution >= 4 is 28.5 Å². The quantitative estimate of drug-likeness (QED) is 0.771. The molecule has 4 rings (SSSR count). The van der Waals surface area contributed by atoms with Crippen LogP contribution in [0.4, 0.5) is 5.13 Å². The molecule has 0 unspecified atom stereocenters. The van der Waals surface area contributed by atoms with Gasteiger partial charge in [0, 0.05) is 23.1 Å². The molecule has 1 aliphatic rings. The SMILES string of the molecule is O=C(Nc1ncc(Cc2ccccc2)s1)C1=Cc2ccccc2OC1. The lowest BCUT2D eigenvalue weighted by Gasteiger charge is -2.16. The van der Waals surface area contributed by atoms with E-state index in [1.807, 2.05) is 54.7 Å². The number of benzene rings is 2. The summed E-state index contributed by atoms with van der Waals surface area (Å²) in [6.45, 7) is 0.269. The van der Waals surface area contributed by atoms with Crippen LogP contribution >= 0.6 is 11.3 Å². The first kappa shape index (κ1) is 15.6. The molecule has 0 saturated heterocycles. The van der Waals surface area contributed by atoms with Crippen LogP contribution in [0.5, 0.6) is 5.75 Å². The van der Waals surface area contributed by atoms with E-state index in [2.05, 4.69) is 22.4 Å². The van der Waals surface area contributed by atoms with E-state index in [0.29, 0.717) is 10.7 Å². The van der Waals surface area contributed by atoms with Gasteiger partial charge >= 0.3 is 0 Å². The molecule has 0 aliphatic carbocycles. The molecule has 2 aromatic carbocycles. The van der Waals surface area contributed by atoms with Gasteiger partial charge in [-0.2, -0.15) is 0 Å². The highest BCUT2D eigenvalue weighted by Gasteiger charge is 2.18. The van der Waals surface area contributed by atoms with E-state index in [1.165, 1.54) is 16.9 Å². The van der Waals surface area contributed by atoms with E-state index in [-0.39, 0.29) is 12.5 Å². The second-order valence-corrected chi connectivity index (χ2v) is 6.86. The lowest BCUT2D eigenvalue weighted by atomic mass is 10.1. The highest BCUT2D eigenvalue weighted by atomic mass is 32.1. The Hall–Kier alpha value is -2.92. The molecule has 0 atom stereocenters. The summed E-state index contributed by atoms with van der Waals surface area (Å²) in [6, 6.07) is 17.9. The maximum Gasteiger partial charge on any atom is 0.256 e. The standard InChI is InChI=1S/C20H16N2O2S/c23-19(16-11-15-8-4-5-9-18(15)24-13-16)22-20-21-12-17(25-20)10-14-6-2-1-3-7-14/h1-9,11-12H,10,13H2,(H,21,22,23). The topological polar surface area (TPSA) is 51.2 Å². The molecule has 1 aliphatic heterocycles. The highest BCUT2D eigenvalue weighted by molar-refractivity contribution is 7.15. The number of hydrogen-bond donors (Lipinski definition) is 1. The number of amides is 1. The molecular weight excluding hydrogens is 332 g/mol. The first-order chi connectivity index (χ1) is 12.3. The van der Waals surface area contributed by atoms with Crippen molar-refractivity contribution in [3.8, 4) is 5.75 Å². The molecule has 4 nitrogen and oxygen atoms in total. The van der Waals surface area contributed by atoms with Crippen LogP contribution in [-0.2, 0) is 11.2 Å². The Balaban J connectivity index is 1.44. The third-order valence-corrected chi connectivity index (χ3v) is 4.83. The minimum Gasteiger partial charge on any atom is -0.488 e. The minimum absolute atomic E-state index is 0.171. The Morgan fingerprint density at radius 1 is 1.12 bits per heavy atom. The molecular formula is C20H16N2O2S. The number of carbonyl (C=O) groups excluding carboxylic acids is 1. The molecule has 0 bridgehead atoms. The first-order valence-corrected chi connectivity index (χ1v) is 8.82. The molecule has 1 amide bonds. The fraction of sp³-hybridized carbons (Fsp3) is 0.100. The van der Waals surface area contributed by atoms with Crippen LogP contribution in [0, 0.1) is 0 Å². The largest absolute Gasteiger partial charge is 0.488 e. The van der Waals surface area contributed by atoms with Gasteiger partial charge < -0.3 is 4.74 Å². The maximum atomic E-state index is 12.5. The molecule has 0 radical (unpaired) electrons. The number of aromatic nitrogens is 1. The molecule has 0 saturated carbocycles. The molecule has 1 aromatic heterocycles. The van der Waals surface area contributed by atoms with Crippen molar-refractivity contribution in [3.05, 3.63) is 82.4 Å². The zero-order valence-electron chi connectivity index (χ0n) is 13.4. The van der Waals surface area contributed by atoms with Gasteiger partial charge in [0.1, 0.15) is 12.4 Å². The van der Waals surface area contributed by atoms with E-state index in [4.69, 9.17) is 4.74 Å². The predicted octanol–water partition coefficient (Wildman–Crippen LogP) is 4.15. The average Bonchev–Trinajstić information content (AvgIpc) is 3.09. The minimum atomic E-state index is -0.171. The number of hydrogen-bond acceptors (Lipinski definition) is 4. The first-order valence-electron chi connectivity index (χ1n) is 8.00. The summed E-state index contributed by atoms with van der Waals surface area (Å²) >= 11 is 1.49. The molecule has 0 spiro atoms. The monoisotopic (exact) mass is 348 g/mol. The van der Waals surface area contributed by atoms with Crippen LogP contribution in [0.3, 0.4) is 0 Å². The van der Waals surface area contributed by atoms with Gasteiger partial charge in [-0.1, -0.05) is 48.5 Å². The Bertz CT molecular complexity index is 932. The van der Waals surface area contributed by atoms with Crippen molar-refractivity contribution in [2.45, 2.75) is 6.42 Å². The summed E-state index contributed by atoms with van der Waals surface area (Å²) in [6.07, 6.45) is 4.49. The molecule has 124 valence electrons. The number of carbonyl (C=O) groups is 1. The number of anilines is 1. The number of rotatable bonds is 4. The molecule has 0 fully saturated rings. The van der Waals surface area contributed by atoms with E-state index >= 15 is 0 Å². The third-order valence-electron chi connectivity index (χ3n) is 3.92. The summed E-state index contributed by atoms with van der Waals surface area (Å²) in [5, 5.41) is 3.48. The Morgan fingerprint density at radius 2 is 1.92 bits per heavy atom. The normalized spacial score (nSPS) is 12.7. The van der Waals surface area contributed by atoms with E-state index < -0.39 is 0 Å². The number of nitrogens with one attached hydrogen (secondary N) is 1. The van der Waals surface area contributed by atoms with Gasteiger partial charge in [0.2, 0.25) is 0 Å². The second-order valence-electron chi connectivity index (χ2n) is 5.74. The number of para-hydroxylation sites is 1. The molecule has 5 heteroatoms. The van der Waals surface area contributed by atoms with Gasteiger partial charge in [-0.3, -0.25) is 10.1 Å². The van der Waals surface area contributed by atoms with Gasteiger partial charge in [0.15, 0.2) is 5.13 Å². The third kappa shape index (κ3) is 3.61. The van der Waals surface area contributed by atoms with Gasteiger partial charge in [0.25, 0.3) is 5.91 Å². The lowest BCUT2D eigenvalue weighted by molar-refractivity contribution is -0.113. The summed E-state index contributed by atoms with van der Waals surface area (Å²) in [4.78, 5) is 17.9. The summed E-state index contributed by atoms with van der Waals surface area (Å²) in [5.41, 5.74) is 2.74. The van der Waals surface area contributed by atoms with Crippen molar-refractivity contribution in [1.82, 2.24) is 4.98 Å². The number of ether oxygens (including phenoxy) is 1. The fourth-order valence-electron chi connectivity index (χ4n) is 2.67. The van der Waals surface area contributed by atoms with Gasteiger partial charge in [-0.15, -0.1) is 11.3 Å². The summed E-state index contributed by atoms with van der Waals surface area (Å²) < 4.78 is 5.63. The Labute approximate surface area is 149 Å².